The van der Waals surface area contributed by atoms with Gasteiger partial charge in [0.2, 0.25) is 0 Å². The van der Waals surface area contributed by atoms with E-state index in [4.69, 9.17) is 4.74 Å². The Morgan fingerprint density at radius 2 is 1.95 bits per heavy atom. The first kappa shape index (κ1) is 14.9. The van der Waals surface area contributed by atoms with E-state index in [1.807, 2.05) is 0 Å². The first-order chi connectivity index (χ1) is 10.0. The van der Waals surface area contributed by atoms with Crippen LogP contribution < -0.4 is 4.74 Å². The summed E-state index contributed by atoms with van der Waals surface area (Å²) in [5.74, 6) is -0.604. The number of aromatic nitrogens is 1. The Balaban J connectivity index is 2.61. The van der Waals surface area contributed by atoms with Gasteiger partial charge >= 0.3 is 12.6 Å². The molecule has 0 unspecified atom stereocenters. The number of hydrogen-bond acceptors (Lipinski definition) is 4. The molecule has 0 aliphatic heterocycles. The number of carbonyl (C=O) groups excluding carboxylic acids is 1. The van der Waals surface area contributed by atoms with Crippen LogP contribution in [0, 0.1) is 6.92 Å². The smallest absolute Gasteiger partial charge is 0.387 e. The summed E-state index contributed by atoms with van der Waals surface area (Å²) in [6.07, 6.45) is 1.36. The predicted octanol–water partition coefficient (Wildman–Crippen LogP) is 3.45. The summed E-state index contributed by atoms with van der Waals surface area (Å²) in [6.45, 7) is -1.21. The van der Waals surface area contributed by atoms with Gasteiger partial charge in [0, 0.05) is 23.0 Å². The van der Waals surface area contributed by atoms with Crippen molar-refractivity contribution in [3.8, 4) is 16.9 Å². The maximum absolute atomic E-state index is 12.5. The molecule has 0 saturated carbocycles. The summed E-state index contributed by atoms with van der Waals surface area (Å²) >= 11 is 0. The van der Waals surface area contributed by atoms with Gasteiger partial charge in [0.15, 0.2) is 0 Å². The molecule has 6 heteroatoms. The highest BCUT2D eigenvalue weighted by molar-refractivity contribution is 5.97. The van der Waals surface area contributed by atoms with Gasteiger partial charge in [-0.05, 0) is 19.1 Å². The van der Waals surface area contributed by atoms with Crippen molar-refractivity contribution in [2.45, 2.75) is 13.5 Å². The van der Waals surface area contributed by atoms with E-state index in [-0.39, 0.29) is 11.3 Å². The zero-order valence-electron chi connectivity index (χ0n) is 11.5. The van der Waals surface area contributed by atoms with Crippen LogP contribution in [0.2, 0.25) is 0 Å². The number of esters is 1. The van der Waals surface area contributed by atoms with Crippen molar-refractivity contribution in [3.05, 3.63) is 47.8 Å². The molecule has 0 radical (unpaired) electrons. The molecule has 1 aromatic heterocycles. The van der Waals surface area contributed by atoms with E-state index in [2.05, 4.69) is 9.72 Å². The van der Waals surface area contributed by atoms with Crippen molar-refractivity contribution in [2.75, 3.05) is 7.11 Å². The molecule has 0 fully saturated rings. The van der Waals surface area contributed by atoms with Crippen molar-refractivity contribution < 1.29 is 23.0 Å². The number of para-hydroxylation sites is 1. The van der Waals surface area contributed by atoms with Crippen LogP contribution in [0.25, 0.3) is 11.1 Å². The van der Waals surface area contributed by atoms with Crippen LogP contribution in [-0.2, 0) is 4.74 Å². The standard InChI is InChI=1S/C15H13F2NO3/c1-9-7-11(12(8-18-9)14(19)20-2)10-5-3-4-6-13(10)21-15(16)17/h3-8,15H,1-2H3. The van der Waals surface area contributed by atoms with Gasteiger partial charge in [-0.1, -0.05) is 18.2 Å². The number of aryl methyl sites for hydroxylation is 1. The Hall–Kier alpha value is -2.50. The molecule has 2 rings (SSSR count). The second kappa shape index (κ2) is 6.30. The molecule has 1 aromatic carbocycles. The molecule has 0 N–H and O–H groups in total. The van der Waals surface area contributed by atoms with Crippen molar-refractivity contribution >= 4 is 5.97 Å². The lowest BCUT2D eigenvalue weighted by Crippen LogP contribution is -2.07. The Morgan fingerprint density at radius 1 is 1.24 bits per heavy atom. The first-order valence-electron chi connectivity index (χ1n) is 6.12. The highest BCUT2D eigenvalue weighted by Gasteiger charge is 2.18. The fraction of sp³-hybridized carbons (Fsp3) is 0.200. The fourth-order valence-corrected chi connectivity index (χ4v) is 1.94. The summed E-state index contributed by atoms with van der Waals surface area (Å²) < 4.78 is 34.2. The molecule has 0 saturated heterocycles. The molecular formula is C15H13F2NO3. The second-order valence-corrected chi connectivity index (χ2v) is 4.24. The Bertz CT molecular complexity index is 659. The van der Waals surface area contributed by atoms with E-state index >= 15 is 0 Å². The number of nitrogens with zero attached hydrogens (tertiary/aromatic N) is 1. The van der Waals surface area contributed by atoms with Crippen LogP contribution in [0.5, 0.6) is 5.75 Å². The topological polar surface area (TPSA) is 48.4 Å². The van der Waals surface area contributed by atoms with E-state index in [0.717, 1.165) is 0 Å². The molecule has 0 aliphatic rings. The summed E-state index contributed by atoms with van der Waals surface area (Å²) in [5.41, 5.74) is 1.65. The van der Waals surface area contributed by atoms with Crippen LogP contribution in [-0.4, -0.2) is 24.7 Å². The van der Waals surface area contributed by atoms with Gasteiger partial charge in [-0.3, -0.25) is 4.98 Å². The van der Waals surface area contributed by atoms with Gasteiger partial charge in [0.05, 0.1) is 12.7 Å². The van der Waals surface area contributed by atoms with Crippen LogP contribution in [0.4, 0.5) is 8.78 Å². The Kier molecular flexibility index (Phi) is 4.47. The van der Waals surface area contributed by atoms with Crippen LogP contribution in [0.3, 0.4) is 0 Å². The minimum atomic E-state index is -2.95. The van der Waals surface area contributed by atoms with E-state index in [1.54, 1.807) is 31.2 Å². The lowest BCUT2D eigenvalue weighted by Gasteiger charge is -2.13. The molecule has 110 valence electrons. The van der Waals surface area contributed by atoms with Crippen molar-refractivity contribution in [1.29, 1.82) is 0 Å². The van der Waals surface area contributed by atoms with Gasteiger partial charge in [0.25, 0.3) is 0 Å². The van der Waals surface area contributed by atoms with E-state index in [1.165, 1.54) is 19.4 Å². The van der Waals surface area contributed by atoms with Gasteiger partial charge in [-0.2, -0.15) is 8.78 Å². The highest BCUT2D eigenvalue weighted by atomic mass is 19.3. The number of rotatable bonds is 4. The lowest BCUT2D eigenvalue weighted by molar-refractivity contribution is -0.0494. The number of benzene rings is 1. The normalized spacial score (nSPS) is 10.5. The molecule has 21 heavy (non-hydrogen) atoms. The largest absolute Gasteiger partial charge is 0.465 e. The molecule has 0 spiro atoms. The van der Waals surface area contributed by atoms with E-state index in [0.29, 0.717) is 16.8 Å². The van der Waals surface area contributed by atoms with Gasteiger partial charge in [-0.15, -0.1) is 0 Å². The third kappa shape index (κ3) is 3.34. The number of ether oxygens (including phenoxy) is 2. The summed E-state index contributed by atoms with van der Waals surface area (Å²) in [5, 5.41) is 0. The van der Waals surface area contributed by atoms with Crippen LogP contribution >= 0.6 is 0 Å². The summed E-state index contributed by atoms with van der Waals surface area (Å²) in [7, 11) is 1.24. The van der Waals surface area contributed by atoms with Gasteiger partial charge < -0.3 is 9.47 Å². The number of carbonyl (C=O) groups is 1. The van der Waals surface area contributed by atoms with Crippen LogP contribution in [0.15, 0.2) is 36.5 Å². The minimum Gasteiger partial charge on any atom is -0.465 e. The molecule has 0 atom stereocenters. The fourth-order valence-electron chi connectivity index (χ4n) is 1.94. The van der Waals surface area contributed by atoms with Gasteiger partial charge in [0.1, 0.15) is 5.75 Å². The molecule has 0 amide bonds. The Morgan fingerprint density at radius 3 is 2.62 bits per heavy atom. The predicted molar refractivity (Wildman–Crippen MR) is 72.4 cm³/mol. The van der Waals surface area contributed by atoms with Crippen molar-refractivity contribution in [2.24, 2.45) is 0 Å². The SMILES string of the molecule is COC(=O)c1cnc(C)cc1-c1ccccc1OC(F)F. The van der Waals surface area contributed by atoms with Gasteiger partial charge in [-0.25, -0.2) is 4.79 Å². The maximum Gasteiger partial charge on any atom is 0.387 e. The number of alkyl halides is 2. The number of hydrogen-bond donors (Lipinski definition) is 0. The molecule has 0 aliphatic carbocycles. The third-order valence-corrected chi connectivity index (χ3v) is 2.84. The zero-order chi connectivity index (χ0) is 15.4. The maximum atomic E-state index is 12.5. The van der Waals surface area contributed by atoms with Crippen molar-refractivity contribution in [3.63, 3.8) is 0 Å². The number of methoxy groups -OCH3 is 1. The monoisotopic (exact) mass is 293 g/mol. The highest BCUT2D eigenvalue weighted by Crippen LogP contribution is 2.33. The average Bonchev–Trinajstić information content (AvgIpc) is 2.46. The third-order valence-electron chi connectivity index (χ3n) is 2.84. The molecule has 1 heterocycles. The molecule has 2 aromatic rings. The Labute approximate surface area is 120 Å². The average molecular weight is 293 g/mol. The van der Waals surface area contributed by atoms with E-state index < -0.39 is 12.6 Å². The van der Waals surface area contributed by atoms with Crippen molar-refractivity contribution in [1.82, 2.24) is 4.98 Å². The number of pyridine rings is 1. The molecule has 0 bridgehead atoms. The number of halogens is 2. The molecular weight excluding hydrogens is 280 g/mol. The zero-order valence-corrected chi connectivity index (χ0v) is 11.5. The second-order valence-electron chi connectivity index (χ2n) is 4.24. The minimum absolute atomic E-state index is 0.0109. The first-order valence-corrected chi connectivity index (χ1v) is 6.12. The van der Waals surface area contributed by atoms with E-state index in [9.17, 15) is 13.6 Å². The summed E-state index contributed by atoms with van der Waals surface area (Å²) in [4.78, 5) is 15.8. The lowest BCUT2D eigenvalue weighted by atomic mass is 10.00. The molecule has 4 nitrogen and oxygen atoms in total. The quantitative estimate of drug-likeness (QED) is 0.810. The summed E-state index contributed by atoms with van der Waals surface area (Å²) in [6, 6.07) is 7.88. The van der Waals surface area contributed by atoms with Crippen LogP contribution in [0.1, 0.15) is 16.1 Å².